The first-order valence-corrected chi connectivity index (χ1v) is 15.4. The van der Waals surface area contributed by atoms with Gasteiger partial charge in [0.1, 0.15) is 0 Å². The highest BCUT2D eigenvalue weighted by atomic mass is 15.0. The van der Waals surface area contributed by atoms with Crippen LogP contribution in [0.15, 0.2) is 127 Å². The number of hydrogen-bond donors (Lipinski definition) is 0. The molecule has 2 heterocycles. The lowest BCUT2D eigenvalue weighted by Crippen LogP contribution is -2.15. The minimum Gasteiger partial charge on any atom is -0.319 e. The smallest absolute Gasteiger partial charge is 0.200 e. The molecule has 6 aromatic carbocycles. The summed E-state index contributed by atoms with van der Waals surface area (Å²) in [5, 5.41) is 4.71. The van der Waals surface area contributed by atoms with Crippen LogP contribution in [0.25, 0.3) is 75.8 Å². The van der Waals surface area contributed by atoms with Crippen LogP contribution in [0, 0.1) is 13.1 Å². The molecule has 8 rings (SSSR count). The lowest BCUT2D eigenvalue weighted by Gasteiger charge is -2.26. The van der Waals surface area contributed by atoms with Crippen molar-refractivity contribution >= 4 is 55.0 Å². The summed E-state index contributed by atoms with van der Waals surface area (Å²) in [5.74, 6) is 0. The van der Waals surface area contributed by atoms with Gasteiger partial charge in [-0.2, -0.15) is 0 Å². The summed E-state index contributed by atoms with van der Waals surface area (Å²) >= 11 is 0. The van der Waals surface area contributed by atoms with Gasteiger partial charge in [0.25, 0.3) is 0 Å². The predicted molar refractivity (Wildman–Crippen MR) is 192 cm³/mol. The molecule has 2 aromatic heterocycles. The summed E-state index contributed by atoms with van der Waals surface area (Å²) in [4.78, 5) is 7.65. The molecule has 0 amide bonds. The monoisotopic (exact) mass is 590 g/mol. The second-order valence-electron chi connectivity index (χ2n) is 12.8. The van der Waals surface area contributed by atoms with E-state index in [2.05, 4.69) is 155 Å². The number of benzene rings is 6. The Balaban J connectivity index is 1.38. The fraction of sp³-hybridized carbons (Fsp3) is 0.0952. The molecule has 0 bridgehead atoms. The molecule has 0 radical (unpaired) electrons. The third kappa shape index (κ3) is 4.12. The normalized spacial score (nSPS) is 11.8. The Morgan fingerprint density at radius 1 is 0.500 bits per heavy atom. The largest absolute Gasteiger partial charge is 0.319 e. The van der Waals surface area contributed by atoms with Gasteiger partial charge in [-0.05, 0) is 76.7 Å². The number of para-hydroxylation sites is 3. The highest BCUT2D eigenvalue weighted by Gasteiger charge is 2.25. The van der Waals surface area contributed by atoms with Gasteiger partial charge in [-0.25, -0.2) is 9.69 Å². The molecule has 0 spiro atoms. The van der Waals surface area contributed by atoms with Gasteiger partial charge in [0.2, 0.25) is 5.69 Å². The molecule has 218 valence electrons. The third-order valence-corrected chi connectivity index (χ3v) is 9.05. The van der Waals surface area contributed by atoms with Gasteiger partial charge in [0.05, 0.1) is 40.9 Å². The van der Waals surface area contributed by atoms with Crippen LogP contribution in [0.3, 0.4) is 0 Å². The van der Waals surface area contributed by atoms with Crippen LogP contribution >= 0.6 is 0 Å². The Labute approximate surface area is 268 Å². The van der Waals surface area contributed by atoms with E-state index in [9.17, 15) is 0 Å². The van der Waals surface area contributed by atoms with Crippen molar-refractivity contribution < 1.29 is 0 Å². The second kappa shape index (κ2) is 10.2. The zero-order valence-corrected chi connectivity index (χ0v) is 25.9. The Hall–Kier alpha value is -6.10. The van der Waals surface area contributed by atoms with Crippen molar-refractivity contribution in [2.75, 3.05) is 0 Å². The van der Waals surface area contributed by atoms with E-state index in [0.717, 1.165) is 49.9 Å². The van der Waals surface area contributed by atoms with E-state index in [0.29, 0.717) is 11.4 Å². The van der Waals surface area contributed by atoms with Gasteiger partial charge in [0.15, 0.2) is 5.69 Å². The van der Waals surface area contributed by atoms with Crippen molar-refractivity contribution in [1.82, 2.24) is 9.13 Å². The maximum atomic E-state index is 8.11. The van der Waals surface area contributed by atoms with Crippen LogP contribution in [0.1, 0.15) is 26.3 Å². The molecule has 0 N–H and O–H groups in total. The van der Waals surface area contributed by atoms with E-state index in [4.69, 9.17) is 13.1 Å². The lowest BCUT2D eigenvalue weighted by molar-refractivity contribution is 0.588. The maximum absolute atomic E-state index is 8.11. The number of hydrogen-bond acceptors (Lipinski definition) is 0. The standard InChI is InChI=1S/C42H30N4/c1-42(2,3)35-25-29(43-4)26-36(44-5)41(35)46-38-18-12-10-16-32(38)34-24-28(20-22-40(34)46)27-19-21-39-33(23-27)31-15-9-11-17-37(31)45(39)30-13-7-6-8-14-30/h6-26H,1-3H3. The molecular weight excluding hydrogens is 560 g/mol. The third-order valence-electron chi connectivity index (χ3n) is 9.05. The zero-order valence-electron chi connectivity index (χ0n) is 25.9. The summed E-state index contributed by atoms with van der Waals surface area (Å²) in [6.45, 7) is 22.2. The molecule has 0 fully saturated rings. The van der Waals surface area contributed by atoms with Crippen molar-refractivity contribution in [2.45, 2.75) is 26.2 Å². The number of aromatic nitrogens is 2. The first-order valence-electron chi connectivity index (χ1n) is 15.4. The number of nitrogens with zero attached hydrogens (tertiary/aromatic N) is 4. The maximum Gasteiger partial charge on any atom is 0.200 e. The molecular formula is C42H30N4. The van der Waals surface area contributed by atoms with Crippen molar-refractivity contribution in [1.29, 1.82) is 0 Å². The van der Waals surface area contributed by atoms with Crippen LogP contribution in [0.5, 0.6) is 0 Å². The highest BCUT2D eigenvalue weighted by Crippen LogP contribution is 2.44. The van der Waals surface area contributed by atoms with Gasteiger partial charge in [-0.3, -0.25) is 0 Å². The van der Waals surface area contributed by atoms with Gasteiger partial charge < -0.3 is 9.13 Å². The Morgan fingerprint density at radius 3 is 1.59 bits per heavy atom. The molecule has 0 saturated heterocycles. The molecule has 0 unspecified atom stereocenters. The van der Waals surface area contributed by atoms with Crippen LogP contribution < -0.4 is 0 Å². The summed E-state index contributed by atoms with van der Waals surface area (Å²) in [6.07, 6.45) is 0. The van der Waals surface area contributed by atoms with Crippen LogP contribution in [0.4, 0.5) is 11.4 Å². The molecule has 4 nitrogen and oxygen atoms in total. The summed E-state index contributed by atoms with van der Waals surface area (Å²) in [5.41, 5.74) is 10.4. The lowest BCUT2D eigenvalue weighted by atomic mass is 9.84. The summed E-state index contributed by atoms with van der Waals surface area (Å²) < 4.78 is 4.57. The van der Waals surface area contributed by atoms with E-state index in [-0.39, 0.29) is 5.41 Å². The molecule has 4 heteroatoms. The molecule has 46 heavy (non-hydrogen) atoms. The minimum absolute atomic E-state index is 0.276. The molecule has 8 aromatic rings. The van der Waals surface area contributed by atoms with E-state index in [1.54, 1.807) is 6.07 Å². The quantitative estimate of drug-likeness (QED) is 0.182. The predicted octanol–water partition coefficient (Wildman–Crippen LogP) is 11.9. The second-order valence-corrected chi connectivity index (χ2v) is 12.8. The van der Waals surface area contributed by atoms with Crippen molar-refractivity contribution in [3.8, 4) is 22.5 Å². The molecule has 0 aliphatic rings. The number of fused-ring (bicyclic) bond motifs is 6. The van der Waals surface area contributed by atoms with Gasteiger partial charge >= 0.3 is 0 Å². The average Bonchev–Trinajstić information content (AvgIpc) is 3.59. The van der Waals surface area contributed by atoms with Crippen LogP contribution in [-0.4, -0.2) is 9.13 Å². The highest BCUT2D eigenvalue weighted by molar-refractivity contribution is 6.13. The van der Waals surface area contributed by atoms with E-state index < -0.39 is 0 Å². The first-order chi connectivity index (χ1) is 22.4. The Morgan fingerprint density at radius 2 is 1.02 bits per heavy atom. The fourth-order valence-corrected chi connectivity index (χ4v) is 6.96. The summed E-state index contributed by atoms with van der Waals surface area (Å²) in [7, 11) is 0. The average molecular weight is 591 g/mol. The molecule has 0 saturated carbocycles. The van der Waals surface area contributed by atoms with Crippen molar-refractivity contribution in [3.63, 3.8) is 0 Å². The van der Waals surface area contributed by atoms with E-state index in [1.165, 1.54) is 21.8 Å². The van der Waals surface area contributed by atoms with E-state index in [1.807, 2.05) is 6.07 Å². The van der Waals surface area contributed by atoms with Gasteiger partial charge in [0, 0.05) is 27.2 Å². The zero-order chi connectivity index (χ0) is 31.6. The minimum atomic E-state index is -0.276. The fourth-order valence-electron chi connectivity index (χ4n) is 6.96. The number of rotatable bonds is 3. The first kappa shape index (κ1) is 27.4. The topological polar surface area (TPSA) is 18.6 Å². The molecule has 0 atom stereocenters. The SMILES string of the molecule is [C-]#[N+]c1cc([N+]#[C-])c(-n2c3ccccc3c3cc(-c4ccc5c(c4)c4ccccc4n5-c4ccccc4)ccc32)c(C(C)(C)C)c1. The van der Waals surface area contributed by atoms with E-state index >= 15 is 0 Å². The summed E-state index contributed by atoms with van der Waals surface area (Å²) in [6, 6.07) is 44.7. The van der Waals surface area contributed by atoms with Crippen LogP contribution in [-0.2, 0) is 5.41 Å². The van der Waals surface area contributed by atoms with Gasteiger partial charge in [-0.1, -0.05) is 93.6 Å². The van der Waals surface area contributed by atoms with Crippen LogP contribution in [0.2, 0.25) is 0 Å². The van der Waals surface area contributed by atoms with Crippen molar-refractivity contribution in [3.05, 3.63) is 156 Å². The molecule has 0 aliphatic heterocycles. The van der Waals surface area contributed by atoms with Crippen molar-refractivity contribution in [2.24, 2.45) is 0 Å². The Kier molecular flexibility index (Phi) is 6.11. The Bertz CT molecular complexity index is 2580. The van der Waals surface area contributed by atoms with Gasteiger partial charge in [-0.15, -0.1) is 0 Å². The molecule has 0 aliphatic carbocycles.